The summed E-state index contributed by atoms with van der Waals surface area (Å²) in [7, 11) is 0. The minimum absolute atomic E-state index is 0.0381. The molecule has 0 aromatic heterocycles. The monoisotopic (exact) mass is 236 g/mol. The van der Waals surface area contributed by atoms with E-state index in [1.807, 2.05) is 13.8 Å². The van der Waals surface area contributed by atoms with Crippen molar-refractivity contribution >= 4 is 11.6 Å². The molecule has 1 heterocycles. The fraction of sp³-hybridized carbons (Fsp3) is 0.462. The summed E-state index contributed by atoms with van der Waals surface area (Å²) in [5.41, 5.74) is 0.380. The van der Waals surface area contributed by atoms with Gasteiger partial charge in [-0.3, -0.25) is 4.79 Å². The van der Waals surface area contributed by atoms with Gasteiger partial charge in [0.2, 0.25) is 5.91 Å². The molecule has 0 saturated carbocycles. The summed E-state index contributed by atoms with van der Waals surface area (Å²) in [5, 5.41) is 3.20. The summed E-state index contributed by atoms with van der Waals surface area (Å²) < 4.78 is 13.6. The SMILES string of the molecule is CC(C)NC1CCN(c2ccccc2F)C1=O. The molecule has 0 spiro atoms. The van der Waals surface area contributed by atoms with Crippen molar-refractivity contribution in [3.8, 4) is 0 Å². The van der Waals surface area contributed by atoms with Crippen molar-refractivity contribution in [1.29, 1.82) is 0 Å². The molecule has 1 N–H and O–H groups in total. The van der Waals surface area contributed by atoms with Crippen molar-refractivity contribution in [3.63, 3.8) is 0 Å². The first kappa shape index (κ1) is 12.0. The molecule has 0 aliphatic carbocycles. The predicted molar refractivity (Wildman–Crippen MR) is 65.4 cm³/mol. The molecule has 3 nitrogen and oxygen atoms in total. The first-order valence-electron chi connectivity index (χ1n) is 5.91. The van der Waals surface area contributed by atoms with E-state index in [4.69, 9.17) is 0 Å². The molecule has 4 heteroatoms. The molecule has 2 rings (SSSR count). The van der Waals surface area contributed by atoms with Crippen LogP contribution in [0.1, 0.15) is 20.3 Å². The third kappa shape index (κ3) is 2.47. The molecule has 92 valence electrons. The Balaban J connectivity index is 2.15. The molecular formula is C13H17FN2O. The number of hydrogen-bond donors (Lipinski definition) is 1. The Kier molecular flexibility index (Phi) is 3.43. The normalized spacial score (nSPS) is 20.4. The van der Waals surface area contributed by atoms with Gasteiger partial charge in [0, 0.05) is 12.6 Å². The van der Waals surface area contributed by atoms with Gasteiger partial charge in [-0.05, 0) is 18.6 Å². The van der Waals surface area contributed by atoms with Crippen molar-refractivity contribution in [1.82, 2.24) is 5.32 Å². The quantitative estimate of drug-likeness (QED) is 0.869. The topological polar surface area (TPSA) is 32.3 Å². The summed E-state index contributed by atoms with van der Waals surface area (Å²) in [6.07, 6.45) is 0.728. The van der Waals surface area contributed by atoms with E-state index in [2.05, 4.69) is 5.32 Å². The standard InChI is InChI=1S/C13H17FN2O/c1-9(2)15-11-7-8-16(13(11)17)12-6-4-3-5-10(12)14/h3-6,9,11,15H,7-8H2,1-2H3. The highest BCUT2D eigenvalue weighted by Crippen LogP contribution is 2.24. The van der Waals surface area contributed by atoms with Gasteiger partial charge in [-0.25, -0.2) is 4.39 Å². The van der Waals surface area contributed by atoms with Gasteiger partial charge < -0.3 is 10.2 Å². The lowest BCUT2D eigenvalue weighted by molar-refractivity contribution is -0.119. The lowest BCUT2D eigenvalue weighted by atomic mass is 10.2. The van der Waals surface area contributed by atoms with Gasteiger partial charge in [0.1, 0.15) is 5.82 Å². The zero-order chi connectivity index (χ0) is 12.4. The summed E-state index contributed by atoms with van der Waals surface area (Å²) in [6, 6.07) is 6.47. The summed E-state index contributed by atoms with van der Waals surface area (Å²) >= 11 is 0. The second-order valence-corrected chi connectivity index (χ2v) is 4.60. The number of nitrogens with one attached hydrogen (secondary N) is 1. The van der Waals surface area contributed by atoms with Crippen molar-refractivity contribution in [2.75, 3.05) is 11.4 Å². The zero-order valence-corrected chi connectivity index (χ0v) is 10.1. The first-order chi connectivity index (χ1) is 8.09. The second-order valence-electron chi connectivity index (χ2n) is 4.60. The van der Waals surface area contributed by atoms with Crippen LogP contribution in [0.5, 0.6) is 0 Å². The molecule has 1 amide bonds. The van der Waals surface area contributed by atoms with Crippen molar-refractivity contribution < 1.29 is 9.18 Å². The molecule has 1 aromatic carbocycles. The number of rotatable bonds is 3. The minimum Gasteiger partial charge on any atom is -0.308 e. The smallest absolute Gasteiger partial charge is 0.244 e. The van der Waals surface area contributed by atoms with Gasteiger partial charge in [0.25, 0.3) is 0 Å². The van der Waals surface area contributed by atoms with Gasteiger partial charge in [-0.2, -0.15) is 0 Å². The Labute approximate surface area is 101 Å². The van der Waals surface area contributed by atoms with Gasteiger partial charge in [0.15, 0.2) is 0 Å². The largest absolute Gasteiger partial charge is 0.308 e. The Morgan fingerprint density at radius 1 is 1.41 bits per heavy atom. The molecular weight excluding hydrogens is 219 g/mol. The minimum atomic E-state index is -0.342. The molecule has 1 atom stereocenters. The highest BCUT2D eigenvalue weighted by atomic mass is 19.1. The van der Waals surface area contributed by atoms with Crippen molar-refractivity contribution in [2.45, 2.75) is 32.4 Å². The number of benzene rings is 1. The van der Waals surface area contributed by atoms with Crippen LogP contribution in [0.4, 0.5) is 10.1 Å². The van der Waals surface area contributed by atoms with Crippen LogP contribution in [0, 0.1) is 5.82 Å². The summed E-state index contributed by atoms with van der Waals surface area (Å²) in [5.74, 6) is -0.380. The highest BCUT2D eigenvalue weighted by Gasteiger charge is 2.33. The number of anilines is 1. The maximum Gasteiger partial charge on any atom is 0.244 e. The second kappa shape index (κ2) is 4.84. The van der Waals surface area contributed by atoms with Crippen LogP contribution in [0.2, 0.25) is 0 Å². The van der Waals surface area contributed by atoms with Crippen LogP contribution in [0.25, 0.3) is 0 Å². The fourth-order valence-corrected chi connectivity index (χ4v) is 2.15. The first-order valence-corrected chi connectivity index (χ1v) is 5.91. The number of para-hydroxylation sites is 1. The van der Waals surface area contributed by atoms with E-state index in [9.17, 15) is 9.18 Å². The maximum absolute atomic E-state index is 13.6. The van der Waals surface area contributed by atoms with E-state index in [-0.39, 0.29) is 23.8 Å². The molecule has 1 aliphatic heterocycles. The molecule has 1 saturated heterocycles. The average molecular weight is 236 g/mol. The van der Waals surface area contributed by atoms with E-state index < -0.39 is 0 Å². The lowest BCUT2D eigenvalue weighted by Crippen LogP contribution is -2.41. The number of carbonyl (C=O) groups excluding carboxylic acids is 1. The van der Waals surface area contributed by atoms with Crippen LogP contribution in [0.3, 0.4) is 0 Å². The number of halogens is 1. The molecule has 1 fully saturated rings. The third-order valence-electron chi connectivity index (χ3n) is 2.88. The lowest BCUT2D eigenvalue weighted by Gasteiger charge is -2.18. The number of nitrogens with zero attached hydrogens (tertiary/aromatic N) is 1. The fourth-order valence-electron chi connectivity index (χ4n) is 2.15. The van der Waals surface area contributed by atoms with Crippen molar-refractivity contribution in [3.05, 3.63) is 30.1 Å². The molecule has 1 aliphatic rings. The molecule has 17 heavy (non-hydrogen) atoms. The Bertz CT molecular complexity index is 420. The highest BCUT2D eigenvalue weighted by molar-refractivity contribution is 5.99. The van der Waals surface area contributed by atoms with E-state index in [1.54, 1.807) is 18.2 Å². The zero-order valence-electron chi connectivity index (χ0n) is 10.1. The van der Waals surface area contributed by atoms with E-state index in [0.29, 0.717) is 12.2 Å². The Morgan fingerprint density at radius 2 is 2.12 bits per heavy atom. The Morgan fingerprint density at radius 3 is 2.76 bits per heavy atom. The molecule has 0 radical (unpaired) electrons. The number of amides is 1. The van der Waals surface area contributed by atoms with Gasteiger partial charge >= 0.3 is 0 Å². The van der Waals surface area contributed by atoms with Crippen LogP contribution >= 0.6 is 0 Å². The van der Waals surface area contributed by atoms with Crippen molar-refractivity contribution in [2.24, 2.45) is 0 Å². The van der Waals surface area contributed by atoms with Gasteiger partial charge in [0.05, 0.1) is 11.7 Å². The van der Waals surface area contributed by atoms with E-state index in [0.717, 1.165) is 6.42 Å². The molecule has 0 bridgehead atoms. The molecule has 1 aromatic rings. The van der Waals surface area contributed by atoms with Crippen LogP contribution in [-0.2, 0) is 4.79 Å². The molecule has 1 unspecified atom stereocenters. The van der Waals surface area contributed by atoms with E-state index >= 15 is 0 Å². The third-order valence-corrected chi connectivity index (χ3v) is 2.88. The summed E-state index contributed by atoms with van der Waals surface area (Å²) in [4.78, 5) is 13.6. The summed E-state index contributed by atoms with van der Waals surface area (Å²) in [6.45, 7) is 4.57. The Hall–Kier alpha value is -1.42. The number of carbonyl (C=O) groups is 1. The van der Waals surface area contributed by atoms with Gasteiger partial charge in [-0.1, -0.05) is 26.0 Å². The predicted octanol–water partition coefficient (Wildman–Crippen LogP) is 1.93. The van der Waals surface area contributed by atoms with Crippen LogP contribution in [0.15, 0.2) is 24.3 Å². The maximum atomic E-state index is 13.6. The average Bonchev–Trinajstić information content (AvgIpc) is 2.61. The number of hydrogen-bond acceptors (Lipinski definition) is 2. The van der Waals surface area contributed by atoms with Gasteiger partial charge in [-0.15, -0.1) is 0 Å². The van der Waals surface area contributed by atoms with Crippen LogP contribution in [-0.4, -0.2) is 24.5 Å². The van der Waals surface area contributed by atoms with Crippen LogP contribution < -0.4 is 10.2 Å². The van der Waals surface area contributed by atoms with E-state index in [1.165, 1.54) is 11.0 Å².